The van der Waals surface area contributed by atoms with Crippen LogP contribution in [-0.2, 0) is 30.0 Å². The Morgan fingerprint density at radius 3 is 2.46 bits per heavy atom. The second kappa shape index (κ2) is 8.08. The van der Waals surface area contributed by atoms with Gasteiger partial charge in [0.1, 0.15) is 5.65 Å². The molecule has 152 valence electrons. The van der Waals surface area contributed by atoms with Crippen LogP contribution in [0.1, 0.15) is 26.3 Å². The van der Waals surface area contributed by atoms with Crippen molar-refractivity contribution in [2.24, 2.45) is 14.1 Å². The predicted octanol–water partition coefficient (Wildman–Crippen LogP) is 0.923. The van der Waals surface area contributed by atoms with Crippen molar-refractivity contribution >= 4 is 28.7 Å². The number of carbonyl (C=O) groups excluding carboxylic acids is 1. The fourth-order valence-electron chi connectivity index (χ4n) is 3.57. The Labute approximate surface area is 167 Å². The van der Waals surface area contributed by atoms with Crippen molar-refractivity contribution in [1.29, 1.82) is 0 Å². The highest BCUT2D eigenvalue weighted by molar-refractivity contribution is 8.00. The Morgan fingerprint density at radius 1 is 1.21 bits per heavy atom. The summed E-state index contributed by atoms with van der Waals surface area (Å²) < 4.78 is 8.14. The maximum Gasteiger partial charge on any atom is 0.332 e. The third-order valence-corrected chi connectivity index (χ3v) is 6.13. The molecule has 1 amide bonds. The highest BCUT2D eigenvalue weighted by Crippen LogP contribution is 2.29. The Balaban J connectivity index is 1.97. The SMILES string of the molecule is CCc1cnc2c(c1SCC(=O)N1C[C@@H](C)O[C@@H](C)C1)c(=O)n(C)c(=O)n2C. The summed E-state index contributed by atoms with van der Waals surface area (Å²) in [5.74, 6) is 0.234. The lowest BCUT2D eigenvalue weighted by atomic mass is 10.2. The van der Waals surface area contributed by atoms with E-state index in [1.54, 1.807) is 13.2 Å². The molecule has 3 heterocycles. The van der Waals surface area contributed by atoms with Gasteiger partial charge in [-0.25, -0.2) is 9.78 Å². The van der Waals surface area contributed by atoms with Gasteiger partial charge in [0.25, 0.3) is 5.56 Å². The fourth-order valence-corrected chi connectivity index (χ4v) is 4.72. The lowest BCUT2D eigenvalue weighted by Gasteiger charge is -2.35. The normalized spacial score (nSPS) is 20.0. The van der Waals surface area contributed by atoms with E-state index in [1.165, 1.54) is 23.4 Å². The quantitative estimate of drug-likeness (QED) is 0.702. The monoisotopic (exact) mass is 406 g/mol. The molecule has 0 aromatic carbocycles. The predicted molar refractivity (Wildman–Crippen MR) is 109 cm³/mol. The first-order chi connectivity index (χ1) is 13.2. The van der Waals surface area contributed by atoms with Crippen molar-refractivity contribution < 1.29 is 9.53 Å². The molecule has 1 aliphatic rings. The summed E-state index contributed by atoms with van der Waals surface area (Å²) in [4.78, 5) is 44.7. The molecule has 9 heteroatoms. The molecule has 2 atom stereocenters. The number of rotatable bonds is 4. The van der Waals surface area contributed by atoms with E-state index in [1.807, 2.05) is 25.7 Å². The number of hydrogen-bond acceptors (Lipinski definition) is 6. The van der Waals surface area contributed by atoms with Gasteiger partial charge in [0, 0.05) is 38.3 Å². The molecular weight excluding hydrogens is 380 g/mol. The molecule has 0 bridgehead atoms. The van der Waals surface area contributed by atoms with E-state index in [4.69, 9.17) is 4.74 Å². The highest BCUT2D eigenvalue weighted by atomic mass is 32.2. The van der Waals surface area contributed by atoms with Gasteiger partial charge < -0.3 is 9.64 Å². The molecule has 28 heavy (non-hydrogen) atoms. The number of fused-ring (bicyclic) bond motifs is 1. The lowest BCUT2D eigenvalue weighted by molar-refractivity contribution is -0.140. The van der Waals surface area contributed by atoms with E-state index in [0.29, 0.717) is 30.5 Å². The summed E-state index contributed by atoms with van der Waals surface area (Å²) in [7, 11) is 3.05. The maximum atomic E-state index is 12.8. The average Bonchev–Trinajstić information content (AvgIpc) is 2.67. The highest BCUT2D eigenvalue weighted by Gasteiger charge is 2.26. The van der Waals surface area contributed by atoms with Crippen LogP contribution in [0.3, 0.4) is 0 Å². The Bertz CT molecular complexity index is 1020. The van der Waals surface area contributed by atoms with E-state index in [2.05, 4.69) is 4.98 Å². The van der Waals surface area contributed by atoms with Crippen molar-refractivity contribution in [2.75, 3.05) is 18.8 Å². The standard InChI is InChI=1S/C19H26N4O4S/c1-6-13-7-20-17-15(18(25)22(5)19(26)21(17)4)16(13)28-10-14(24)23-8-11(2)27-12(3)9-23/h7,11-12H,6,8-10H2,1-5H3/t11-,12+. The van der Waals surface area contributed by atoms with Gasteiger partial charge in [0.15, 0.2) is 0 Å². The molecule has 8 nitrogen and oxygen atoms in total. The average molecular weight is 407 g/mol. The molecule has 1 fully saturated rings. The number of hydrogen-bond donors (Lipinski definition) is 0. The molecule has 0 N–H and O–H groups in total. The molecule has 1 saturated heterocycles. The maximum absolute atomic E-state index is 12.8. The number of nitrogens with zero attached hydrogens (tertiary/aromatic N) is 4. The minimum absolute atomic E-state index is 0.00692. The molecule has 0 aliphatic carbocycles. The zero-order chi connectivity index (χ0) is 20.6. The fraction of sp³-hybridized carbons (Fsp3) is 0.579. The summed E-state index contributed by atoms with van der Waals surface area (Å²) in [6, 6.07) is 0. The van der Waals surface area contributed by atoms with E-state index in [-0.39, 0.29) is 29.4 Å². The zero-order valence-corrected chi connectivity index (χ0v) is 17.7. The molecule has 0 saturated carbocycles. The first-order valence-electron chi connectivity index (χ1n) is 9.38. The minimum Gasteiger partial charge on any atom is -0.372 e. The van der Waals surface area contributed by atoms with Gasteiger partial charge in [-0.2, -0.15) is 0 Å². The van der Waals surface area contributed by atoms with E-state index >= 15 is 0 Å². The Morgan fingerprint density at radius 2 is 1.86 bits per heavy atom. The van der Waals surface area contributed by atoms with E-state index in [0.717, 1.165) is 15.0 Å². The lowest BCUT2D eigenvalue weighted by Crippen LogP contribution is -2.48. The van der Waals surface area contributed by atoms with Crippen LogP contribution in [0, 0.1) is 0 Å². The molecule has 0 spiro atoms. The molecule has 1 aliphatic heterocycles. The summed E-state index contributed by atoms with van der Waals surface area (Å²) in [6.07, 6.45) is 2.38. The molecule has 3 rings (SSSR count). The number of ether oxygens (including phenoxy) is 1. The first-order valence-corrected chi connectivity index (χ1v) is 10.4. The van der Waals surface area contributed by atoms with Gasteiger partial charge in [-0.05, 0) is 25.8 Å². The van der Waals surface area contributed by atoms with Crippen molar-refractivity contribution in [3.63, 3.8) is 0 Å². The van der Waals surface area contributed by atoms with Crippen molar-refractivity contribution in [2.45, 2.75) is 44.3 Å². The Kier molecular flexibility index (Phi) is 5.95. The molecular formula is C19H26N4O4S. The summed E-state index contributed by atoms with van der Waals surface area (Å²) in [6.45, 7) is 7.03. The van der Waals surface area contributed by atoms with Crippen LogP contribution >= 0.6 is 11.8 Å². The number of aromatic nitrogens is 3. The van der Waals surface area contributed by atoms with Crippen molar-refractivity contribution in [1.82, 2.24) is 19.0 Å². The van der Waals surface area contributed by atoms with Crippen molar-refractivity contribution in [3.8, 4) is 0 Å². The van der Waals surface area contributed by atoms with Gasteiger partial charge >= 0.3 is 5.69 Å². The van der Waals surface area contributed by atoms with E-state index < -0.39 is 5.69 Å². The Hall–Kier alpha value is -2.13. The molecule has 0 radical (unpaired) electrons. The second-order valence-electron chi connectivity index (χ2n) is 7.22. The molecule has 2 aromatic rings. The van der Waals surface area contributed by atoms with Crippen LogP contribution in [0.4, 0.5) is 0 Å². The third kappa shape index (κ3) is 3.73. The van der Waals surface area contributed by atoms with Crippen LogP contribution in [0.15, 0.2) is 20.7 Å². The number of morpholine rings is 1. The number of pyridine rings is 1. The van der Waals surface area contributed by atoms with Crippen LogP contribution in [0.25, 0.3) is 11.0 Å². The van der Waals surface area contributed by atoms with Crippen LogP contribution in [-0.4, -0.2) is 56.0 Å². The van der Waals surface area contributed by atoms with Gasteiger partial charge in [-0.1, -0.05) is 6.92 Å². The van der Waals surface area contributed by atoms with Gasteiger partial charge in [-0.3, -0.25) is 18.7 Å². The summed E-state index contributed by atoms with van der Waals surface area (Å²) >= 11 is 1.34. The van der Waals surface area contributed by atoms with Crippen molar-refractivity contribution in [3.05, 3.63) is 32.6 Å². The second-order valence-corrected chi connectivity index (χ2v) is 8.20. The van der Waals surface area contributed by atoms with Crippen LogP contribution in [0.5, 0.6) is 0 Å². The number of carbonyl (C=O) groups is 1. The molecule has 0 unspecified atom stereocenters. The summed E-state index contributed by atoms with van der Waals surface area (Å²) in [5, 5.41) is 0.394. The largest absolute Gasteiger partial charge is 0.372 e. The number of amides is 1. The van der Waals surface area contributed by atoms with E-state index in [9.17, 15) is 14.4 Å². The number of thioether (sulfide) groups is 1. The number of aryl methyl sites for hydroxylation is 2. The minimum atomic E-state index is -0.419. The smallest absolute Gasteiger partial charge is 0.332 e. The van der Waals surface area contributed by atoms with Gasteiger partial charge in [0.2, 0.25) is 5.91 Å². The topological polar surface area (TPSA) is 86.4 Å². The zero-order valence-electron chi connectivity index (χ0n) is 16.9. The summed E-state index contributed by atoms with van der Waals surface area (Å²) in [5.41, 5.74) is 0.431. The molecule has 2 aromatic heterocycles. The van der Waals surface area contributed by atoms with Crippen LogP contribution < -0.4 is 11.2 Å². The van der Waals surface area contributed by atoms with Gasteiger partial charge in [0.05, 0.1) is 23.3 Å². The third-order valence-electron chi connectivity index (χ3n) is 4.99. The first kappa shape index (κ1) is 20.6. The van der Waals surface area contributed by atoms with Crippen LogP contribution in [0.2, 0.25) is 0 Å². The van der Waals surface area contributed by atoms with Gasteiger partial charge in [-0.15, -0.1) is 11.8 Å².